The molecule has 0 aromatic carbocycles. The van der Waals surface area contributed by atoms with Crippen LogP contribution in [-0.4, -0.2) is 5.88 Å². The Balaban J connectivity index is 4.01. The Bertz CT molecular complexity index is 111. The number of rotatable bonds is 2. The summed E-state index contributed by atoms with van der Waals surface area (Å²) < 4.78 is 0.278. The Hall–Kier alpha value is 0.610. The maximum Gasteiger partial charge on any atom is 0.103 e. The molecule has 3 heteroatoms. The third-order valence-electron chi connectivity index (χ3n) is 0.844. The normalized spacial score (nSPS) is 11.2. The van der Waals surface area contributed by atoms with Gasteiger partial charge in [0, 0.05) is 5.88 Å². The highest BCUT2D eigenvalue weighted by molar-refractivity contribution is 6.55. The quantitative estimate of drug-likeness (QED) is 0.580. The predicted octanol–water partition coefficient (Wildman–Crippen LogP) is 3.57. The molecule has 0 rings (SSSR count). The first-order valence-corrected chi connectivity index (χ1v) is 3.87. The number of alkyl halides is 1. The van der Waals surface area contributed by atoms with Crippen LogP contribution in [0.15, 0.2) is 10.6 Å². The van der Waals surface area contributed by atoms with Crippen LogP contribution in [0.1, 0.15) is 13.8 Å². The Morgan fingerprint density at radius 3 is 2.00 bits per heavy atom. The van der Waals surface area contributed by atoms with Gasteiger partial charge in [0.05, 0.1) is 0 Å². The van der Waals surface area contributed by atoms with Crippen molar-refractivity contribution in [2.24, 2.45) is 5.41 Å². The van der Waals surface area contributed by atoms with Crippen LogP contribution < -0.4 is 0 Å². The molecule has 0 heterocycles. The summed E-state index contributed by atoms with van der Waals surface area (Å²) in [4.78, 5) is 0. The molecule has 0 aliphatic carbocycles. The minimum Gasteiger partial charge on any atom is -0.126 e. The van der Waals surface area contributed by atoms with Gasteiger partial charge in [0.15, 0.2) is 0 Å². The largest absolute Gasteiger partial charge is 0.126 e. The second kappa shape index (κ2) is 3.70. The highest BCUT2D eigenvalue weighted by Crippen LogP contribution is 2.23. The number of hydrogen-bond donors (Lipinski definition) is 0. The van der Waals surface area contributed by atoms with E-state index in [1.165, 1.54) is 0 Å². The molecule has 0 aliphatic heterocycles. The van der Waals surface area contributed by atoms with Crippen molar-refractivity contribution in [3.8, 4) is 0 Å². The number of allylic oxidation sites excluding steroid dienone is 1. The molecule has 0 unspecified atom stereocenters. The van der Waals surface area contributed by atoms with Crippen LogP contribution >= 0.6 is 34.8 Å². The topological polar surface area (TPSA) is 0 Å². The first kappa shape index (κ1) is 9.61. The van der Waals surface area contributed by atoms with Crippen molar-refractivity contribution in [1.29, 1.82) is 0 Å². The minimum atomic E-state index is -0.0968. The molecule has 0 amide bonds. The van der Waals surface area contributed by atoms with Crippen molar-refractivity contribution in [3.05, 3.63) is 10.6 Å². The van der Waals surface area contributed by atoms with E-state index in [1.54, 1.807) is 6.08 Å². The van der Waals surface area contributed by atoms with Gasteiger partial charge in [-0.25, -0.2) is 0 Å². The lowest BCUT2D eigenvalue weighted by molar-refractivity contribution is 0.552. The van der Waals surface area contributed by atoms with Crippen LogP contribution in [0.2, 0.25) is 0 Å². The molecule has 9 heavy (non-hydrogen) atoms. The summed E-state index contributed by atoms with van der Waals surface area (Å²) in [7, 11) is 0. The molecular weight excluding hydrogens is 178 g/mol. The molecule has 0 aliphatic rings. The van der Waals surface area contributed by atoms with Crippen LogP contribution in [0.5, 0.6) is 0 Å². The molecule has 54 valence electrons. The lowest BCUT2D eigenvalue weighted by atomic mass is 9.97. The first-order valence-electron chi connectivity index (χ1n) is 2.58. The maximum absolute atomic E-state index is 5.58. The Labute approximate surface area is 70.8 Å². The first-order chi connectivity index (χ1) is 3.98. The van der Waals surface area contributed by atoms with Gasteiger partial charge >= 0.3 is 0 Å². The molecule has 0 nitrogen and oxygen atoms in total. The summed E-state index contributed by atoms with van der Waals surface area (Å²) in [5, 5.41) is 0. The van der Waals surface area contributed by atoms with Crippen molar-refractivity contribution in [2.45, 2.75) is 13.8 Å². The van der Waals surface area contributed by atoms with Gasteiger partial charge in [0.2, 0.25) is 0 Å². The maximum atomic E-state index is 5.58. The molecule has 0 atom stereocenters. The monoisotopic (exact) mass is 186 g/mol. The Kier molecular flexibility index (Phi) is 3.95. The zero-order valence-electron chi connectivity index (χ0n) is 5.42. The smallest absolute Gasteiger partial charge is 0.103 e. The van der Waals surface area contributed by atoms with E-state index in [-0.39, 0.29) is 9.91 Å². The molecule has 0 bridgehead atoms. The Morgan fingerprint density at radius 1 is 1.44 bits per heavy atom. The highest BCUT2D eigenvalue weighted by atomic mass is 35.5. The van der Waals surface area contributed by atoms with Gasteiger partial charge in [-0.05, 0) is 11.5 Å². The van der Waals surface area contributed by atoms with Crippen molar-refractivity contribution < 1.29 is 0 Å². The fourth-order valence-electron chi connectivity index (χ4n) is 0.334. The molecule has 0 aromatic heterocycles. The molecule has 0 spiro atoms. The third-order valence-corrected chi connectivity index (χ3v) is 1.75. The van der Waals surface area contributed by atoms with Crippen molar-refractivity contribution in [3.63, 3.8) is 0 Å². The van der Waals surface area contributed by atoms with Gasteiger partial charge in [-0.2, -0.15) is 0 Å². The lowest BCUT2D eigenvalue weighted by Crippen LogP contribution is -2.08. The predicted molar refractivity (Wildman–Crippen MR) is 44.3 cm³/mol. The van der Waals surface area contributed by atoms with Crippen LogP contribution in [0.3, 0.4) is 0 Å². The molecule has 0 saturated heterocycles. The van der Waals surface area contributed by atoms with Gasteiger partial charge in [0.25, 0.3) is 0 Å². The van der Waals surface area contributed by atoms with E-state index in [9.17, 15) is 0 Å². The second-order valence-electron chi connectivity index (χ2n) is 2.56. The van der Waals surface area contributed by atoms with Crippen LogP contribution in [0.4, 0.5) is 0 Å². The van der Waals surface area contributed by atoms with Crippen LogP contribution in [0, 0.1) is 5.41 Å². The van der Waals surface area contributed by atoms with E-state index in [0.717, 1.165) is 0 Å². The molecule has 0 aromatic rings. The number of halogens is 3. The van der Waals surface area contributed by atoms with E-state index < -0.39 is 0 Å². The average molecular weight is 187 g/mol. The van der Waals surface area contributed by atoms with Gasteiger partial charge in [-0.3, -0.25) is 0 Å². The summed E-state index contributed by atoms with van der Waals surface area (Å²) in [6.45, 7) is 3.93. The van der Waals surface area contributed by atoms with E-state index in [1.807, 2.05) is 13.8 Å². The van der Waals surface area contributed by atoms with E-state index in [4.69, 9.17) is 34.8 Å². The van der Waals surface area contributed by atoms with Crippen molar-refractivity contribution >= 4 is 34.8 Å². The summed E-state index contributed by atoms with van der Waals surface area (Å²) in [6, 6.07) is 0. The molecule has 0 fully saturated rings. The van der Waals surface area contributed by atoms with Crippen LogP contribution in [-0.2, 0) is 0 Å². The highest BCUT2D eigenvalue weighted by Gasteiger charge is 2.12. The summed E-state index contributed by atoms with van der Waals surface area (Å²) in [5.41, 5.74) is -0.0968. The SMILES string of the molecule is CC(C)(C=C(Cl)Cl)CCl. The van der Waals surface area contributed by atoms with E-state index in [0.29, 0.717) is 5.88 Å². The minimum absolute atomic E-state index is 0.0968. The van der Waals surface area contributed by atoms with Gasteiger partial charge in [0.1, 0.15) is 4.49 Å². The van der Waals surface area contributed by atoms with E-state index >= 15 is 0 Å². The summed E-state index contributed by atoms with van der Waals surface area (Å²) in [5.74, 6) is 0.524. The molecular formula is C6H9Cl3. The van der Waals surface area contributed by atoms with Gasteiger partial charge < -0.3 is 0 Å². The van der Waals surface area contributed by atoms with Gasteiger partial charge in [-0.15, -0.1) is 11.6 Å². The van der Waals surface area contributed by atoms with E-state index in [2.05, 4.69) is 0 Å². The van der Waals surface area contributed by atoms with Gasteiger partial charge in [-0.1, -0.05) is 37.0 Å². The standard InChI is InChI=1S/C6H9Cl3/c1-6(2,4-7)3-5(8)9/h3H,4H2,1-2H3. The Morgan fingerprint density at radius 2 is 1.89 bits per heavy atom. The summed E-state index contributed by atoms with van der Waals surface area (Å²) >= 11 is 16.4. The van der Waals surface area contributed by atoms with Crippen molar-refractivity contribution in [2.75, 3.05) is 5.88 Å². The summed E-state index contributed by atoms with van der Waals surface area (Å²) in [6.07, 6.45) is 1.73. The molecule has 0 saturated carbocycles. The van der Waals surface area contributed by atoms with Crippen LogP contribution in [0.25, 0.3) is 0 Å². The fourth-order valence-corrected chi connectivity index (χ4v) is 1.00. The second-order valence-corrected chi connectivity index (χ2v) is 3.83. The zero-order chi connectivity index (χ0) is 7.49. The lowest BCUT2D eigenvalue weighted by Gasteiger charge is -2.14. The molecule has 0 N–H and O–H groups in total. The third kappa shape index (κ3) is 5.07. The average Bonchev–Trinajstić information content (AvgIpc) is 1.63. The zero-order valence-corrected chi connectivity index (χ0v) is 7.69. The molecule has 0 radical (unpaired) electrons. The fraction of sp³-hybridized carbons (Fsp3) is 0.667. The van der Waals surface area contributed by atoms with Crippen molar-refractivity contribution in [1.82, 2.24) is 0 Å². The number of hydrogen-bond acceptors (Lipinski definition) is 0.